The predicted octanol–water partition coefficient (Wildman–Crippen LogP) is 3.42. The number of aromatic nitrogens is 3. The SMILES string of the molecule is COC(=O)[C@H]1C[C@@H](O)CN1C(=O)c1ncc(-c2cc(C)cc(Nc3nccc(C(F)(F)F)n3)c2)s1. The quantitative estimate of drug-likeness (QED) is 0.505. The summed E-state index contributed by atoms with van der Waals surface area (Å²) < 4.78 is 43.6. The van der Waals surface area contributed by atoms with Gasteiger partial charge in [-0.3, -0.25) is 4.79 Å². The van der Waals surface area contributed by atoms with E-state index in [1.54, 1.807) is 19.1 Å². The third kappa shape index (κ3) is 5.41. The molecule has 1 saturated heterocycles. The number of anilines is 2. The molecule has 0 unspecified atom stereocenters. The van der Waals surface area contributed by atoms with E-state index < -0.39 is 35.9 Å². The number of nitrogens with one attached hydrogen (secondary N) is 1. The van der Waals surface area contributed by atoms with Gasteiger partial charge in [-0.25, -0.2) is 19.7 Å². The number of likely N-dealkylation sites (tertiary alicyclic amines) is 1. The molecular formula is C22H20F3N5O4S. The summed E-state index contributed by atoms with van der Waals surface area (Å²) in [5.74, 6) is -1.33. The maximum absolute atomic E-state index is 13.0. The highest BCUT2D eigenvalue weighted by Crippen LogP contribution is 2.32. The van der Waals surface area contributed by atoms with Gasteiger partial charge < -0.3 is 20.1 Å². The van der Waals surface area contributed by atoms with Gasteiger partial charge in [-0.15, -0.1) is 11.3 Å². The summed E-state index contributed by atoms with van der Waals surface area (Å²) in [6, 6.07) is 5.11. The van der Waals surface area contributed by atoms with Crippen molar-refractivity contribution >= 4 is 34.8 Å². The zero-order valence-electron chi connectivity index (χ0n) is 18.5. The highest BCUT2D eigenvalue weighted by molar-refractivity contribution is 7.17. The monoisotopic (exact) mass is 507 g/mol. The minimum Gasteiger partial charge on any atom is -0.467 e. The second-order valence-electron chi connectivity index (χ2n) is 7.89. The van der Waals surface area contributed by atoms with E-state index in [2.05, 4.69) is 20.3 Å². The number of amides is 1. The van der Waals surface area contributed by atoms with E-state index in [9.17, 15) is 27.9 Å². The molecule has 3 aromatic rings. The number of carbonyl (C=O) groups is 2. The molecule has 1 amide bonds. The first-order valence-corrected chi connectivity index (χ1v) is 11.2. The van der Waals surface area contributed by atoms with Crippen molar-refractivity contribution in [3.8, 4) is 10.4 Å². The van der Waals surface area contributed by atoms with Crippen LogP contribution in [0, 0.1) is 6.92 Å². The third-order valence-electron chi connectivity index (χ3n) is 5.27. The van der Waals surface area contributed by atoms with Gasteiger partial charge in [0, 0.05) is 31.0 Å². The Morgan fingerprint density at radius 2 is 2.03 bits per heavy atom. The molecule has 184 valence electrons. The third-order valence-corrected chi connectivity index (χ3v) is 6.30. The van der Waals surface area contributed by atoms with Crippen LogP contribution in [-0.2, 0) is 15.7 Å². The van der Waals surface area contributed by atoms with Gasteiger partial charge in [-0.2, -0.15) is 13.2 Å². The Balaban J connectivity index is 1.57. The molecular weight excluding hydrogens is 487 g/mol. The summed E-state index contributed by atoms with van der Waals surface area (Å²) in [7, 11) is 1.21. The Morgan fingerprint density at radius 3 is 2.74 bits per heavy atom. The average Bonchev–Trinajstić information content (AvgIpc) is 3.44. The lowest BCUT2D eigenvalue weighted by Crippen LogP contribution is -2.41. The maximum Gasteiger partial charge on any atom is 0.433 e. The number of aryl methyl sites for hydroxylation is 1. The zero-order valence-corrected chi connectivity index (χ0v) is 19.4. The predicted molar refractivity (Wildman–Crippen MR) is 120 cm³/mol. The van der Waals surface area contributed by atoms with Gasteiger partial charge in [0.15, 0.2) is 5.01 Å². The first-order chi connectivity index (χ1) is 16.5. The van der Waals surface area contributed by atoms with Crippen molar-refractivity contribution in [3.05, 3.63) is 52.9 Å². The average molecular weight is 507 g/mol. The minimum atomic E-state index is -4.60. The van der Waals surface area contributed by atoms with Crippen LogP contribution in [0.1, 0.15) is 27.5 Å². The van der Waals surface area contributed by atoms with Crippen molar-refractivity contribution < 1.29 is 32.6 Å². The summed E-state index contributed by atoms with van der Waals surface area (Å²) >= 11 is 1.09. The number of benzene rings is 1. The fraction of sp³-hybridized carbons (Fsp3) is 0.318. The topological polar surface area (TPSA) is 118 Å². The summed E-state index contributed by atoms with van der Waals surface area (Å²) in [4.78, 5) is 38.4. The van der Waals surface area contributed by atoms with Crippen LogP contribution >= 0.6 is 11.3 Å². The number of β-amino-alcohol motifs (C(OH)–C–C–N with tert-alkyl or cyclic N) is 1. The van der Waals surface area contributed by atoms with Gasteiger partial charge >= 0.3 is 12.1 Å². The smallest absolute Gasteiger partial charge is 0.433 e. The molecule has 2 N–H and O–H groups in total. The van der Waals surface area contributed by atoms with Crippen LogP contribution in [0.2, 0.25) is 0 Å². The molecule has 9 nitrogen and oxygen atoms in total. The number of aliphatic hydroxyl groups excluding tert-OH is 1. The number of hydrogen-bond acceptors (Lipinski definition) is 9. The summed E-state index contributed by atoms with van der Waals surface area (Å²) in [5.41, 5.74) is 0.855. The summed E-state index contributed by atoms with van der Waals surface area (Å²) in [6.07, 6.45) is -2.84. The van der Waals surface area contributed by atoms with Gasteiger partial charge in [-0.1, -0.05) is 6.07 Å². The first kappa shape index (κ1) is 24.5. The van der Waals surface area contributed by atoms with Crippen LogP contribution in [0.4, 0.5) is 24.8 Å². The number of halogens is 3. The van der Waals surface area contributed by atoms with Gasteiger partial charge in [0.2, 0.25) is 5.95 Å². The number of hydrogen-bond donors (Lipinski definition) is 2. The molecule has 1 fully saturated rings. The fourth-order valence-corrected chi connectivity index (χ4v) is 4.59. The van der Waals surface area contributed by atoms with Crippen LogP contribution < -0.4 is 5.32 Å². The number of carbonyl (C=O) groups excluding carboxylic acids is 2. The number of aliphatic hydroxyl groups is 1. The second kappa shape index (κ2) is 9.58. The molecule has 3 heterocycles. The van der Waals surface area contributed by atoms with Crippen molar-refractivity contribution in [2.75, 3.05) is 19.0 Å². The van der Waals surface area contributed by atoms with Crippen molar-refractivity contribution in [1.29, 1.82) is 0 Å². The van der Waals surface area contributed by atoms with E-state index in [1.807, 2.05) is 6.07 Å². The Bertz CT molecular complexity index is 1270. The van der Waals surface area contributed by atoms with Crippen LogP contribution in [0.15, 0.2) is 36.7 Å². The molecule has 0 bridgehead atoms. The Kier molecular flexibility index (Phi) is 6.72. The zero-order chi connectivity index (χ0) is 25.3. The molecule has 13 heteroatoms. The number of thiazole rings is 1. The summed E-state index contributed by atoms with van der Waals surface area (Å²) in [5, 5.41) is 12.8. The fourth-order valence-electron chi connectivity index (χ4n) is 3.73. The number of alkyl halides is 3. The molecule has 1 aromatic carbocycles. The Morgan fingerprint density at radius 1 is 1.26 bits per heavy atom. The van der Waals surface area contributed by atoms with Crippen LogP contribution in [0.5, 0.6) is 0 Å². The molecule has 4 rings (SSSR count). The number of rotatable bonds is 5. The Labute approximate surface area is 201 Å². The molecule has 35 heavy (non-hydrogen) atoms. The largest absolute Gasteiger partial charge is 0.467 e. The standard InChI is InChI=1S/C22H20F3N5O4S/c1-11-5-12(7-13(6-11)28-21-26-4-3-17(29-21)22(23,24)25)16-9-27-18(35-16)19(32)30-10-14(31)8-15(30)20(33)34-2/h3-7,9,14-15,31H,8,10H2,1-2H3,(H,26,28,29)/t14-,15-/m1/s1. The molecule has 2 aromatic heterocycles. The van der Waals surface area contributed by atoms with Crippen molar-refractivity contribution in [3.63, 3.8) is 0 Å². The number of nitrogens with zero attached hydrogens (tertiary/aromatic N) is 4. The van der Waals surface area contributed by atoms with Crippen molar-refractivity contribution in [1.82, 2.24) is 19.9 Å². The van der Waals surface area contributed by atoms with Crippen LogP contribution in [-0.4, -0.2) is 62.6 Å². The maximum atomic E-state index is 13.0. The first-order valence-electron chi connectivity index (χ1n) is 10.4. The van der Waals surface area contributed by atoms with E-state index in [4.69, 9.17) is 4.74 Å². The molecule has 0 saturated carbocycles. The Hall–Kier alpha value is -3.58. The van der Waals surface area contributed by atoms with Gasteiger partial charge in [0.1, 0.15) is 11.7 Å². The molecule has 2 atom stereocenters. The van der Waals surface area contributed by atoms with Crippen LogP contribution in [0.25, 0.3) is 10.4 Å². The van der Waals surface area contributed by atoms with Crippen molar-refractivity contribution in [2.24, 2.45) is 0 Å². The van der Waals surface area contributed by atoms with E-state index in [1.165, 1.54) is 18.2 Å². The van der Waals surface area contributed by atoms with Gasteiger partial charge in [0.05, 0.1) is 18.1 Å². The minimum absolute atomic E-state index is 0.0109. The number of esters is 1. The normalized spacial score (nSPS) is 17.9. The lowest BCUT2D eigenvalue weighted by Gasteiger charge is -2.20. The van der Waals surface area contributed by atoms with E-state index >= 15 is 0 Å². The number of ether oxygens (including phenoxy) is 1. The van der Waals surface area contributed by atoms with Crippen molar-refractivity contribution in [2.45, 2.75) is 31.7 Å². The summed E-state index contributed by atoms with van der Waals surface area (Å²) in [6.45, 7) is 1.80. The van der Waals surface area contributed by atoms with E-state index in [0.29, 0.717) is 16.1 Å². The highest BCUT2D eigenvalue weighted by Gasteiger charge is 2.40. The molecule has 0 radical (unpaired) electrons. The lowest BCUT2D eigenvalue weighted by atomic mass is 10.1. The second-order valence-corrected chi connectivity index (χ2v) is 8.92. The van der Waals surface area contributed by atoms with Crippen LogP contribution in [0.3, 0.4) is 0 Å². The van der Waals surface area contributed by atoms with E-state index in [0.717, 1.165) is 29.2 Å². The van der Waals surface area contributed by atoms with E-state index in [-0.39, 0.29) is 23.9 Å². The molecule has 1 aliphatic rings. The number of methoxy groups -OCH3 is 1. The molecule has 0 spiro atoms. The molecule has 1 aliphatic heterocycles. The lowest BCUT2D eigenvalue weighted by molar-refractivity contribution is -0.145. The van der Waals surface area contributed by atoms with Gasteiger partial charge in [0.25, 0.3) is 5.91 Å². The van der Waals surface area contributed by atoms with Gasteiger partial charge in [-0.05, 0) is 36.2 Å². The molecule has 0 aliphatic carbocycles. The highest BCUT2D eigenvalue weighted by atomic mass is 32.1.